The van der Waals surface area contributed by atoms with Crippen molar-refractivity contribution in [2.24, 2.45) is 0 Å². The van der Waals surface area contributed by atoms with Crippen LogP contribution in [0, 0.1) is 0 Å². The van der Waals surface area contributed by atoms with Gasteiger partial charge in [0.05, 0.1) is 25.4 Å². The number of carbonyl (C=O) groups excluding carboxylic acids is 1. The molecule has 0 bridgehead atoms. The first kappa shape index (κ1) is 87.9. The summed E-state index contributed by atoms with van der Waals surface area (Å²) in [5.74, 6) is -0.183. The quantitative estimate of drug-likeness (QED) is 0.0261. The SMILES string of the molecule is CCCCCCC/C=C\C/C=C\CCCCCCCCCCCCCCCCCCCCCCCCCCCC(=O)NC(COC1OC(CO)C(O)C(O)C1O)C(O)/C=C/CC/C=C/CC/C=C/CCCCCCCCCCCCCCCCCCCCCCCC. The highest BCUT2D eigenvalue weighted by Gasteiger charge is 2.44. The smallest absolute Gasteiger partial charge is 0.220 e. The van der Waals surface area contributed by atoms with Gasteiger partial charge in [-0.05, 0) is 77.0 Å². The molecule has 0 saturated carbocycles. The molecule has 6 N–H and O–H groups in total. The zero-order chi connectivity index (χ0) is 66.4. The van der Waals surface area contributed by atoms with Crippen molar-refractivity contribution in [1.82, 2.24) is 5.32 Å². The Morgan fingerprint density at radius 2 is 0.652 bits per heavy atom. The Hall–Kier alpha value is -2.11. The Morgan fingerprint density at radius 1 is 0.370 bits per heavy atom. The number of unbranched alkanes of at least 4 members (excludes halogenated alkanes) is 54. The molecule has 0 aromatic heterocycles. The predicted octanol–water partition coefficient (Wildman–Crippen LogP) is 23.3. The summed E-state index contributed by atoms with van der Waals surface area (Å²) >= 11 is 0. The minimum absolute atomic E-state index is 0.183. The van der Waals surface area contributed by atoms with E-state index in [-0.39, 0.29) is 12.5 Å². The van der Waals surface area contributed by atoms with E-state index in [0.29, 0.717) is 6.42 Å². The van der Waals surface area contributed by atoms with Crippen molar-refractivity contribution in [3.05, 3.63) is 60.8 Å². The third-order valence-electron chi connectivity index (χ3n) is 19.3. The van der Waals surface area contributed by atoms with Gasteiger partial charge in [0.1, 0.15) is 24.4 Å². The van der Waals surface area contributed by atoms with Gasteiger partial charge in [-0.2, -0.15) is 0 Å². The van der Waals surface area contributed by atoms with E-state index in [4.69, 9.17) is 9.47 Å². The van der Waals surface area contributed by atoms with Crippen LogP contribution in [0.5, 0.6) is 0 Å². The average molecular weight is 1300 g/mol. The highest BCUT2D eigenvalue weighted by atomic mass is 16.7. The van der Waals surface area contributed by atoms with Crippen molar-refractivity contribution >= 4 is 5.91 Å². The summed E-state index contributed by atoms with van der Waals surface area (Å²) in [6.45, 7) is 3.80. The Balaban J connectivity index is 2.08. The number of amides is 1. The van der Waals surface area contributed by atoms with E-state index >= 15 is 0 Å². The molecule has 1 fully saturated rings. The van der Waals surface area contributed by atoms with Gasteiger partial charge in [0, 0.05) is 6.42 Å². The first-order valence-electron chi connectivity index (χ1n) is 40.5. The lowest BCUT2D eigenvalue weighted by molar-refractivity contribution is -0.302. The molecule has 1 aliphatic heterocycles. The fourth-order valence-corrected chi connectivity index (χ4v) is 13.0. The molecular weight excluding hydrogens is 1140 g/mol. The first-order valence-corrected chi connectivity index (χ1v) is 40.5. The van der Waals surface area contributed by atoms with Crippen LogP contribution in [-0.4, -0.2) is 87.5 Å². The molecule has 540 valence electrons. The fraction of sp³-hybridized carbons (Fsp3) is 0.867. The third kappa shape index (κ3) is 59.2. The zero-order valence-corrected chi connectivity index (χ0v) is 60.8. The number of rotatable bonds is 72. The van der Waals surface area contributed by atoms with E-state index in [1.54, 1.807) is 6.08 Å². The number of aliphatic hydroxyl groups excluding tert-OH is 5. The molecule has 9 heteroatoms. The molecule has 0 aromatic carbocycles. The Bertz CT molecular complexity index is 1650. The van der Waals surface area contributed by atoms with E-state index in [0.717, 1.165) is 51.4 Å². The van der Waals surface area contributed by atoms with Crippen molar-refractivity contribution < 1.29 is 39.8 Å². The maximum atomic E-state index is 13.2. The summed E-state index contributed by atoms with van der Waals surface area (Å²) in [7, 11) is 0. The summed E-state index contributed by atoms with van der Waals surface area (Å²) in [6.07, 6.45) is 93.8. The van der Waals surface area contributed by atoms with Gasteiger partial charge in [-0.15, -0.1) is 0 Å². The van der Waals surface area contributed by atoms with Crippen molar-refractivity contribution in [2.75, 3.05) is 13.2 Å². The van der Waals surface area contributed by atoms with Crippen LogP contribution < -0.4 is 5.32 Å². The van der Waals surface area contributed by atoms with Gasteiger partial charge in [0.25, 0.3) is 0 Å². The van der Waals surface area contributed by atoms with E-state index in [9.17, 15) is 30.3 Å². The summed E-state index contributed by atoms with van der Waals surface area (Å²) < 4.78 is 11.3. The highest BCUT2D eigenvalue weighted by molar-refractivity contribution is 5.76. The second-order valence-corrected chi connectivity index (χ2v) is 28.2. The van der Waals surface area contributed by atoms with Crippen molar-refractivity contribution in [2.45, 2.75) is 448 Å². The fourth-order valence-electron chi connectivity index (χ4n) is 13.0. The van der Waals surface area contributed by atoms with Crippen molar-refractivity contribution in [3.8, 4) is 0 Å². The number of hydrogen-bond donors (Lipinski definition) is 6. The largest absolute Gasteiger partial charge is 0.394 e. The molecule has 0 radical (unpaired) electrons. The second-order valence-electron chi connectivity index (χ2n) is 28.2. The van der Waals surface area contributed by atoms with E-state index in [1.165, 1.54) is 334 Å². The highest BCUT2D eigenvalue weighted by Crippen LogP contribution is 2.24. The molecule has 7 unspecified atom stereocenters. The minimum Gasteiger partial charge on any atom is -0.394 e. The first-order chi connectivity index (χ1) is 45.3. The number of allylic oxidation sites excluding steroid dienone is 9. The van der Waals surface area contributed by atoms with Crippen molar-refractivity contribution in [3.63, 3.8) is 0 Å². The topological polar surface area (TPSA) is 149 Å². The summed E-state index contributed by atoms with van der Waals surface area (Å²) in [6, 6.07) is -0.831. The van der Waals surface area contributed by atoms with Crippen LogP contribution in [0.4, 0.5) is 0 Å². The number of nitrogens with one attached hydrogen (secondary N) is 1. The molecule has 92 heavy (non-hydrogen) atoms. The number of aliphatic hydroxyl groups is 5. The Morgan fingerprint density at radius 3 is 0.978 bits per heavy atom. The molecule has 0 aromatic rings. The summed E-state index contributed by atoms with van der Waals surface area (Å²) in [5.41, 5.74) is 0. The van der Waals surface area contributed by atoms with Gasteiger partial charge in [0.15, 0.2) is 6.29 Å². The molecular formula is C83H155NO8. The number of hydrogen-bond acceptors (Lipinski definition) is 8. The molecule has 1 saturated heterocycles. The molecule has 1 rings (SSSR count). The normalized spacial score (nSPS) is 17.9. The molecule has 0 aliphatic carbocycles. The molecule has 1 heterocycles. The van der Waals surface area contributed by atoms with Crippen LogP contribution >= 0.6 is 0 Å². The van der Waals surface area contributed by atoms with Crippen LogP contribution in [0.15, 0.2) is 60.8 Å². The monoisotopic (exact) mass is 1290 g/mol. The minimum atomic E-state index is -1.58. The maximum absolute atomic E-state index is 13.2. The maximum Gasteiger partial charge on any atom is 0.220 e. The Labute approximate surface area is 570 Å². The molecule has 1 amide bonds. The van der Waals surface area contributed by atoms with Gasteiger partial charge in [-0.25, -0.2) is 0 Å². The number of ether oxygens (including phenoxy) is 2. The third-order valence-corrected chi connectivity index (χ3v) is 19.3. The van der Waals surface area contributed by atoms with Crippen LogP contribution in [0.1, 0.15) is 406 Å². The molecule has 0 spiro atoms. The van der Waals surface area contributed by atoms with Crippen LogP contribution in [0.2, 0.25) is 0 Å². The van der Waals surface area contributed by atoms with Gasteiger partial charge < -0.3 is 40.3 Å². The number of carbonyl (C=O) groups is 1. The zero-order valence-electron chi connectivity index (χ0n) is 60.8. The van der Waals surface area contributed by atoms with Crippen molar-refractivity contribution in [1.29, 1.82) is 0 Å². The van der Waals surface area contributed by atoms with Gasteiger partial charge >= 0.3 is 0 Å². The van der Waals surface area contributed by atoms with Gasteiger partial charge in [-0.3, -0.25) is 4.79 Å². The van der Waals surface area contributed by atoms with Gasteiger partial charge in [-0.1, -0.05) is 383 Å². The molecule has 9 nitrogen and oxygen atoms in total. The van der Waals surface area contributed by atoms with E-state index in [2.05, 4.69) is 67.8 Å². The van der Waals surface area contributed by atoms with Crippen LogP contribution in [0.3, 0.4) is 0 Å². The average Bonchev–Trinajstić information content (AvgIpc) is 1.00. The van der Waals surface area contributed by atoms with Crippen LogP contribution in [0.25, 0.3) is 0 Å². The lowest BCUT2D eigenvalue weighted by atomic mass is 9.99. The summed E-state index contributed by atoms with van der Waals surface area (Å²) in [4.78, 5) is 13.2. The predicted molar refractivity (Wildman–Crippen MR) is 396 cm³/mol. The molecule has 1 aliphatic rings. The molecule has 7 atom stereocenters. The van der Waals surface area contributed by atoms with E-state index < -0.39 is 49.5 Å². The Kier molecular flexibility index (Phi) is 68.5. The standard InChI is InChI=1S/C83H155NO8/c1-3-5-7-9-11-13-15-17-19-21-23-25-27-29-31-33-35-37-38-39-40-41-43-45-47-49-51-53-55-57-59-61-63-65-67-69-71-73-79(87)84-76(75-91-83-82(90)81(89)80(88)78(74-85)92-83)77(86)72-70-68-66-64-62-60-58-56-54-52-50-48-46-44-42-36-34-32-30-28-26-24-22-20-18-16-14-12-10-8-6-4-2/h15,17,21,23,54,56,62,64,70,72,76-78,80-83,85-86,88-90H,3-14,16,18-20,22,24-53,55,57-61,63,65-69,71,73-75H2,1-2H3,(H,84,87)/b17-15-,23-21-,56-54+,64-62+,72-70+. The van der Waals surface area contributed by atoms with E-state index in [1.807, 2.05) is 6.08 Å². The summed E-state index contributed by atoms with van der Waals surface area (Å²) in [5, 5.41) is 54.9. The van der Waals surface area contributed by atoms with Gasteiger partial charge in [0.2, 0.25) is 5.91 Å². The van der Waals surface area contributed by atoms with Crippen LogP contribution in [-0.2, 0) is 14.3 Å². The lowest BCUT2D eigenvalue weighted by Crippen LogP contribution is -2.60. The lowest BCUT2D eigenvalue weighted by Gasteiger charge is -2.40. The second kappa shape index (κ2) is 71.7.